The van der Waals surface area contributed by atoms with E-state index in [-0.39, 0.29) is 24.4 Å². The number of esters is 1. The summed E-state index contributed by atoms with van der Waals surface area (Å²) in [5, 5.41) is 9.10. The first-order valence-electron chi connectivity index (χ1n) is 13.0. The van der Waals surface area contributed by atoms with E-state index in [0.717, 1.165) is 38.5 Å². The van der Waals surface area contributed by atoms with Crippen molar-refractivity contribution in [1.82, 2.24) is 9.80 Å². The van der Waals surface area contributed by atoms with Crippen LogP contribution < -0.4 is 0 Å². The highest BCUT2D eigenvalue weighted by atomic mass is 32.2. The third-order valence-electron chi connectivity index (χ3n) is 7.87. The van der Waals surface area contributed by atoms with Gasteiger partial charge in [-0.3, -0.25) is 14.4 Å². The van der Waals surface area contributed by atoms with Crippen LogP contribution in [0.2, 0.25) is 0 Å². The van der Waals surface area contributed by atoms with Crippen LogP contribution in [0.15, 0.2) is 24.3 Å². The summed E-state index contributed by atoms with van der Waals surface area (Å²) in [5.41, 5.74) is -0.396. The first-order valence-corrected chi connectivity index (χ1v) is 13.8. The number of ether oxygens (including phenoxy) is 1. The van der Waals surface area contributed by atoms with Crippen LogP contribution in [0, 0.1) is 11.8 Å². The third kappa shape index (κ3) is 4.57. The van der Waals surface area contributed by atoms with E-state index in [1.54, 1.807) is 16.7 Å². The minimum absolute atomic E-state index is 0.0475. The average Bonchev–Trinajstić information content (AvgIpc) is 3.12. The zero-order valence-corrected chi connectivity index (χ0v) is 22.3. The highest BCUT2D eigenvalue weighted by Crippen LogP contribution is 2.65. The predicted octanol–water partition coefficient (Wildman–Crippen LogP) is 3.32. The topological polar surface area (TPSA) is 87.2 Å². The number of aliphatic hydroxyl groups excluding tert-OH is 1. The Bertz CT molecular complexity index is 912. The molecule has 8 heteroatoms. The Morgan fingerprint density at radius 3 is 2.51 bits per heavy atom. The molecule has 4 rings (SSSR count). The maximum atomic E-state index is 14.2. The summed E-state index contributed by atoms with van der Waals surface area (Å²) in [6.45, 7) is 9.53. The van der Waals surface area contributed by atoms with Crippen LogP contribution in [0.1, 0.15) is 66.2 Å². The van der Waals surface area contributed by atoms with Crippen molar-refractivity contribution in [2.75, 3.05) is 26.3 Å². The maximum Gasteiger partial charge on any atom is 0.311 e. The standard InChI is InChI=1S/C27H40N2O5S/c1-25(2,3)29-16-12-14-27-19(20-24(33)34-18-11-7-8-13-26(20,4)35-27)22(31)28(21(27)23(29)32)15-9-5-6-10-17-30/h8,12-14,19-21,30H,5-7,9-11,15-18H2,1-4H3/b13-8-/t19-,20-,21?,26+,27-/m0/s1. The first-order chi connectivity index (χ1) is 16.6. The van der Waals surface area contributed by atoms with Gasteiger partial charge in [0, 0.05) is 30.0 Å². The number of carbonyl (C=O) groups is 3. The summed E-state index contributed by atoms with van der Waals surface area (Å²) >= 11 is 1.60. The van der Waals surface area contributed by atoms with E-state index in [9.17, 15) is 14.4 Å². The molecule has 0 saturated carbocycles. The highest BCUT2D eigenvalue weighted by molar-refractivity contribution is 8.02. The van der Waals surface area contributed by atoms with Crippen LogP contribution in [0.5, 0.6) is 0 Å². The van der Waals surface area contributed by atoms with Crippen LogP contribution in [-0.4, -0.2) is 80.1 Å². The number of aliphatic hydroxyl groups is 1. The number of nitrogens with zero attached hydrogens (tertiary/aromatic N) is 2. The fourth-order valence-corrected chi connectivity index (χ4v) is 8.38. The van der Waals surface area contributed by atoms with Gasteiger partial charge in [0.2, 0.25) is 11.8 Å². The molecule has 0 radical (unpaired) electrons. The van der Waals surface area contributed by atoms with Crippen molar-refractivity contribution in [2.24, 2.45) is 11.8 Å². The summed E-state index contributed by atoms with van der Waals surface area (Å²) in [4.78, 5) is 45.4. The molecule has 0 aromatic carbocycles. The lowest BCUT2D eigenvalue weighted by molar-refractivity contribution is -0.154. The molecule has 2 saturated heterocycles. The Morgan fingerprint density at radius 2 is 1.80 bits per heavy atom. The Balaban J connectivity index is 1.77. The Labute approximate surface area is 213 Å². The zero-order chi connectivity index (χ0) is 25.4. The molecule has 1 spiro atoms. The molecule has 0 aliphatic carbocycles. The molecule has 2 amide bonds. The first kappa shape index (κ1) is 26.3. The van der Waals surface area contributed by atoms with Gasteiger partial charge in [-0.2, -0.15) is 0 Å². The molecule has 7 nitrogen and oxygen atoms in total. The SMILES string of the molecule is CC(C)(C)N1CC=C[C@]23S[C@]4(C)/C=C\CCCOC(=O)[C@@H]4[C@H]2C(=O)N(CCCCCCO)C3C1=O. The molecule has 0 aromatic rings. The smallest absolute Gasteiger partial charge is 0.311 e. The van der Waals surface area contributed by atoms with Gasteiger partial charge >= 0.3 is 5.97 Å². The number of fused-ring (bicyclic) bond motifs is 2. The lowest BCUT2D eigenvalue weighted by Gasteiger charge is -2.41. The van der Waals surface area contributed by atoms with E-state index in [1.807, 2.05) is 38.7 Å². The third-order valence-corrected chi connectivity index (χ3v) is 9.66. The quantitative estimate of drug-likeness (QED) is 0.339. The largest absolute Gasteiger partial charge is 0.465 e. The maximum absolute atomic E-state index is 14.2. The lowest BCUT2D eigenvalue weighted by Crippen LogP contribution is -2.57. The van der Waals surface area contributed by atoms with E-state index in [2.05, 4.69) is 18.2 Å². The Morgan fingerprint density at radius 1 is 1.06 bits per heavy atom. The fraction of sp³-hybridized carbons (Fsp3) is 0.741. The van der Waals surface area contributed by atoms with Crippen LogP contribution in [0.25, 0.3) is 0 Å². The van der Waals surface area contributed by atoms with Gasteiger partial charge in [-0.1, -0.05) is 37.1 Å². The lowest BCUT2D eigenvalue weighted by atomic mass is 9.74. The molecular weight excluding hydrogens is 464 g/mol. The number of allylic oxidation sites excluding steroid dienone is 1. The second kappa shape index (κ2) is 9.92. The van der Waals surface area contributed by atoms with Crippen molar-refractivity contribution in [2.45, 2.75) is 87.3 Å². The normalized spacial score (nSPS) is 36.0. The number of unbranched alkanes of at least 4 members (excludes halogenated alkanes) is 3. The fourth-order valence-electron chi connectivity index (χ4n) is 6.23. The molecule has 1 N–H and O–H groups in total. The average molecular weight is 505 g/mol. The number of amides is 2. The van der Waals surface area contributed by atoms with Gasteiger partial charge in [-0.15, -0.1) is 11.8 Å². The molecule has 0 aromatic heterocycles. The molecule has 5 atom stereocenters. The van der Waals surface area contributed by atoms with Crippen molar-refractivity contribution in [3.05, 3.63) is 24.3 Å². The second-order valence-electron chi connectivity index (χ2n) is 11.4. The van der Waals surface area contributed by atoms with Crippen LogP contribution in [0.3, 0.4) is 0 Å². The molecule has 2 fully saturated rings. The number of hydrogen-bond acceptors (Lipinski definition) is 6. The van der Waals surface area contributed by atoms with E-state index in [0.29, 0.717) is 19.7 Å². The summed E-state index contributed by atoms with van der Waals surface area (Å²) < 4.78 is 4.21. The van der Waals surface area contributed by atoms with Gasteiger partial charge in [0.1, 0.15) is 6.04 Å². The predicted molar refractivity (Wildman–Crippen MR) is 137 cm³/mol. The minimum atomic E-state index is -0.818. The molecule has 1 unspecified atom stereocenters. The summed E-state index contributed by atoms with van der Waals surface area (Å²) in [6.07, 6.45) is 13.1. The number of hydrogen-bond donors (Lipinski definition) is 1. The van der Waals surface area contributed by atoms with Gasteiger partial charge in [0.15, 0.2) is 0 Å². The van der Waals surface area contributed by atoms with Crippen LogP contribution in [0.4, 0.5) is 0 Å². The van der Waals surface area contributed by atoms with E-state index < -0.39 is 32.9 Å². The summed E-state index contributed by atoms with van der Waals surface area (Å²) in [6, 6.07) is -0.658. The van der Waals surface area contributed by atoms with Crippen LogP contribution >= 0.6 is 11.8 Å². The monoisotopic (exact) mass is 504 g/mol. The van der Waals surface area contributed by atoms with Crippen molar-refractivity contribution in [3.8, 4) is 0 Å². The molecule has 4 aliphatic rings. The summed E-state index contributed by atoms with van der Waals surface area (Å²) in [7, 11) is 0. The Kier molecular flexibility index (Phi) is 7.45. The van der Waals surface area contributed by atoms with Crippen molar-refractivity contribution < 1.29 is 24.2 Å². The summed E-state index contributed by atoms with van der Waals surface area (Å²) in [5.74, 6) is -1.78. The van der Waals surface area contributed by atoms with Gasteiger partial charge in [-0.05, 0) is 53.4 Å². The molecule has 194 valence electrons. The molecule has 4 heterocycles. The van der Waals surface area contributed by atoms with Crippen molar-refractivity contribution >= 4 is 29.5 Å². The Hall–Kier alpha value is -1.80. The zero-order valence-electron chi connectivity index (χ0n) is 21.5. The van der Waals surface area contributed by atoms with Crippen LogP contribution in [-0.2, 0) is 19.1 Å². The molecular formula is C27H40N2O5S. The van der Waals surface area contributed by atoms with E-state index >= 15 is 0 Å². The molecule has 0 bridgehead atoms. The number of carbonyl (C=O) groups excluding carboxylic acids is 3. The second-order valence-corrected chi connectivity index (χ2v) is 13.2. The van der Waals surface area contributed by atoms with E-state index in [4.69, 9.17) is 9.84 Å². The van der Waals surface area contributed by atoms with E-state index in [1.165, 1.54) is 0 Å². The highest BCUT2D eigenvalue weighted by Gasteiger charge is 2.74. The number of likely N-dealkylation sites (tertiary alicyclic amines) is 1. The minimum Gasteiger partial charge on any atom is -0.465 e. The van der Waals surface area contributed by atoms with Gasteiger partial charge in [-0.25, -0.2) is 0 Å². The van der Waals surface area contributed by atoms with Crippen molar-refractivity contribution in [1.29, 1.82) is 0 Å². The number of rotatable bonds is 6. The molecule has 35 heavy (non-hydrogen) atoms. The number of cyclic esters (lactones) is 1. The van der Waals surface area contributed by atoms with Gasteiger partial charge in [0.25, 0.3) is 0 Å². The number of thioether (sulfide) groups is 1. The van der Waals surface area contributed by atoms with Crippen molar-refractivity contribution in [3.63, 3.8) is 0 Å². The molecule has 4 aliphatic heterocycles. The van der Waals surface area contributed by atoms with Gasteiger partial charge in [0.05, 0.1) is 23.2 Å². The van der Waals surface area contributed by atoms with Gasteiger partial charge < -0.3 is 19.6 Å².